The van der Waals surface area contributed by atoms with Gasteiger partial charge in [-0.15, -0.1) is 0 Å². The van der Waals surface area contributed by atoms with Crippen molar-refractivity contribution < 1.29 is 27.5 Å². The highest BCUT2D eigenvalue weighted by Gasteiger charge is 2.32. The molecular formula is C34H33F4NO2. The summed E-state index contributed by atoms with van der Waals surface area (Å²) in [5.41, 5.74) is 7.30. The van der Waals surface area contributed by atoms with Crippen LogP contribution in [0.25, 0.3) is 17.2 Å². The molecule has 1 fully saturated rings. The van der Waals surface area contributed by atoms with Crippen molar-refractivity contribution >= 4 is 23.2 Å². The molecule has 0 saturated carbocycles. The molecular weight excluding hydrogens is 530 g/mol. The number of nitrogens with zero attached hydrogens (tertiary/aromatic N) is 1. The van der Waals surface area contributed by atoms with Crippen LogP contribution in [0.3, 0.4) is 0 Å². The van der Waals surface area contributed by atoms with Crippen molar-refractivity contribution in [3.05, 3.63) is 111 Å². The quantitative estimate of drug-likeness (QED) is 0.280. The Morgan fingerprint density at radius 3 is 2.39 bits per heavy atom. The van der Waals surface area contributed by atoms with E-state index in [9.17, 15) is 27.5 Å². The number of aromatic carboxylic acids is 1. The lowest BCUT2D eigenvalue weighted by atomic mass is 9.86. The number of carbonyl (C=O) groups is 1. The fourth-order valence-electron chi connectivity index (χ4n) is 5.82. The van der Waals surface area contributed by atoms with E-state index in [1.54, 1.807) is 18.2 Å². The summed E-state index contributed by atoms with van der Waals surface area (Å²) < 4.78 is 54.1. The minimum absolute atomic E-state index is 0.196. The van der Waals surface area contributed by atoms with Gasteiger partial charge in [0.2, 0.25) is 0 Å². The van der Waals surface area contributed by atoms with Gasteiger partial charge in [0.15, 0.2) is 0 Å². The molecule has 0 atom stereocenters. The van der Waals surface area contributed by atoms with Gasteiger partial charge in [-0.25, -0.2) is 4.79 Å². The van der Waals surface area contributed by atoms with E-state index in [0.29, 0.717) is 43.2 Å². The Hall–Kier alpha value is -3.71. The Morgan fingerprint density at radius 2 is 1.73 bits per heavy atom. The molecule has 1 saturated heterocycles. The van der Waals surface area contributed by atoms with Crippen molar-refractivity contribution in [1.29, 1.82) is 0 Å². The van der Waals surface area contributed by atoms with E-state index in [0.717, 1.165) is 53.0 Å². The predicted molar refractivity (Wildman–Crippen MR) is 155 cm³/mol. The highest BCUT2D eigenvalue weighted by atomic mass is 19.4. The van der Waals surface area contributed by atoms with E-state index in [4.69, 9.17) is 0 Å². The Bertz CT molecular complexity index is 1490. The van der Waals surface area contributed by atoms with Crippen molar-refractivity contribution in [2.75, 3.05) is 26.3 Å². The number of carboxylic acid groups (broad SMARTS) is 1. The van der Waals surface area contributed by atoms with E-state index < -0.39 is 17.7 Å². The van der Waals surface area contributed by atoms with Crippen LogP contribution in [0.1, 0.15) is 75.5 Å². The van der Waals surface area contributed by atoms with Crippen molar-refractivity contribution in [3.8, 4) is 0 Å². The molecule has 7 heteroatoms. The first kappa shape index (κ1) is 28.8. The van der Waals surface area contributed by atoms with E-state index in [2.05, 4.69) is 11.0 Å². The number of alkyl halides is 4. The summed E-state index contributed by atoms with van der Waals surface area (Å²) in [4.78, 5) is 13.9. The van der Waals surface area contributed by atoms with Crippen molar-refractivity contribution in [3.63, 3.8) is 0 Å². The maximum absolute atomic E-state index is 13.9. The van der Waals surface area contributed by atoms with Crippen LogP contribution in [0.4, 0.5) is 17.6 Å². The molecule has 0 radical (unpaired) electrons. The number of hydrogen-bond donors (Lipinski definition) is 1. The fourth-order valence-corrected chi connectivity index (χ4v) is 5.82. The van der Waals surface area contributed by atoms with Gasteiger partial charge in [0.05, 0.1) is 17.8 Å². The molecule has 0 spiro atoms. The van der Waals surface area contributed by atoms with Crippen LogP contribution in [0.5, 0.6) is 0 Å². The molecule has 3 aromatic rings. The summed E-state index contributed by atoms with van der Waals surface area (Å²) in [7, 11) is 0. The SMILES string of the molecule is CCc1cc(C2=C(c3ccc(C=C4CN(CCCF)C4)cc3)c3ccc(C(=O)O)cc3CCC2)cc(C(F)(F)F)c1. The third-order valence-electron chi connectivity index (χ3n) is 7.90. The van der Waals surface area contributed by atoms with Crippen LogP contribution in [0.15, 0.2) is 66.2 Å². The van der Waals surface area contributed by atoms with Crippen molar-refractivity contribution in [2.24, 2.45) is 0 Å². The molecule has 0 aromatic heterocycles. The largest absolute Gasteiger partial charge is 0.478 e. The van der Waals surface area contributed by atoms with Gasteiger partial charge in [-0.1, -0.05) is 49.4 Å². The molecule has 1 heterocycles. The lowest BCUT2D eigenvalue weighted by Crippen LogP contribution is -2.40. The second-order valence-electron chi connectivity index (χ2n) is 10.8. The van der Waals surface area contributed by atoms with Gasteiger partial charge in [0, 0.05) is 19.6 Å². The van der Waals surface area contributed by atoms with E-state index in [-0.39, 0.29) is 12.2 Å². The Kier molecular flexibility index (Phi) is 8.45. The highest BCUT2D eigenvalue weighted by Crippen LogP contribution is 2.42. The first-order valence-corrected chi connectivity index (χ1v) is 14.1. The van der Waals surface area contributed by atoms with Crippen molar-refractivity contribution in [2.45, 2.75) is 45.2 Å². The third-order valence-corrected chi connectivity index (χ3v) is 7.90. The van der Waals surface area contributed by atoms with Crippen LogP contribution in [0.2, 0.25) is 0 Å². The minimum atomic E-state index is -4.46. The molecule has 41 heavy (non-hydrogen) atoms. The second-order valence-corrected chi connectivity index (χ2v) is 10.8. The van der Waals surface area contributed by atoms with Crippen molar-refractivity contribution in [1.82, 2.24) is 4.90 Å². The summed E-state index contributed by atoms with van der Waals surface area (Å²) in [5, 5.41) is 9.58. The second kappa shape index (κ2) is 12.0. The predicted octanol–water partition coefficient (Wildman–Crippen LogP) is 8.32. The molecule has 5 rings (SSSR count). The van der Waals surface area contributed by atoms with Crippen LogP contribution >= 0.6 is 0 Å². The lowest BCUT2D eigenvalue weighted by molar-refractivity contribution is -0.137. The number of allylic oxidation sites excluding steroid dienone is 1. The van der Waals surface area contributed by atoms with E-state index in [1.807, 2.05) is 37.3 Å². The first-order chi connectivity index (χ1) is 19.7. The lowest BCUT2D eigenvalue weighted by Gasteiger charge is -2.33. The minimum Gasteiger partial charge on any atom is -0.478 e. The topological polar surface area (TPSA) is 40.5 Å². The summed E-state index contributed by atoms with van der Waals surface area (Å²) >= 11 is 0. The average molecular weight is 564 g/mol. The number of aryl methyl sites for hydroxylation is 2. The summed E-state index contributed by atoms with van der Waals surface area (Å²) in [6.45, 7) is 3.94. The smallest absolute Gasteiger partial charge is 0.416 e. The van der Waals surface area contributed by atoms with Crippen LogP contribution < -0.4 is 0 Å². The zero-order valence-electron chi connectivity index (χ0n) is 23.0. The third kappa shape index (κ3) is 6.46. The summed E-state index contributed by atoms with van der Waals surface area (Å²) in [6, 6.07) is 17.4. The van der Waals surface area contributed by atoms with Crippen LogP contribution in [-0.2, 0) is 19.0 Å². The Labute approximate surface area is 237 Å². The van der Waals surface area contributed by atoms with Gasteiger partial charge in [-0.05, 0) is 106 Å². The number of hydrogen-bond acceptors (Lipinski definition) is 2. The number of fused-ring (bicyclic) bond motifs is 1. The zero-order chi connectivity index (χ0) is 29.1. The maximum Gasteiger partial charge on any atom is 0.416 e. The molecule has 1 aliphatic heterocycles. The number of likely N-dealkylation sites (tertiary alicyclic amines) is 1. The molecule has 0 amide bonds. The van der Waals surface area contributed by atoms with Gasteiger partial charge in [0.1, 0.15) is 0 Å². The van der Waals surface area contributed by atoms with Crippen LogP contribution in [0, 0.1) is 0 Å². The Morgan fingerprint density at radius 1 is 0.976 bits per heavy atom. The molecule has 2 aliphatic rings. The monoisotopic (exact) mass is 563 g/mol. The molecule has 1 aliphatic carbocycles. The number of rotatable bonds is 8. The fraction of sp³-hybridized carbons (Fsp3) is 0.324. The van der Waals surface area contributed by atoms with Gasteiger partial charge in [-0.2, -0.15) is 13.2 Å². The average Bonchev–Trinajstić information content (AvgIpc) is 3.13. The number of carboxylic acids is 1. The highest BCUT2D eigenvalue weighted by molar-refractivity contribution is 6.01. The molecule has 0 unspecified atom stereocenters. The van der Waals surface area contributed by atoms with Gasteiger partial charge in [0.25, 0.3) is 0 Å². The number of halogens is 4. The maximum atomic E-state index is 13.9. The Balaban J connectivity index is 1.60. The molecule has 0 bridgehead atoms. The van der Waals surface area contributed by atoms with Gasteiger partial charge >= 0.3 is 12.1 Å². The standard InChI is InChI=1S/C34H33F4NO2/c1-2-22-16-28(19-29(17-22)34(36,37)38)30-6-3-5-26-18-27(33(40)41)11-12-31(26)32(30)25-9-7-23(8-10-25)15-24-20-39(21-24)14-4-13-35/h7-12,15-19H,2-6,13-14,20-21H2,1H3,(H,40,41). The van der Waals surface area contributed by atoms with E-state index in [1.165, 1.54) is 17.7 Å². The summed E-state index contributed by atoms with van der Waals surface area (Å²) in [5.74, 6) is -1.01. The normalized spacial score (nSPS) is 15.8. The molecule has 1 N–H and O–H groups in total. The van der Waals surface area contributed by atoms with Gasteiger partial charge < -0.3 is 5.11 Å². The molecule has 214 valence electrons. The number of benzene rings is 3. The van der Waals surface area contributed by atoms with Gasteiger partial charge in [-0.3, -0.25) is 9.29 Å². The first-order valence-electron chi connectivity index (χ1n) is 14.1. The summed E-state index contributed by atoms with van der Waals surface area (Å²) in [6.07, 6.45) is 0.579. The van der Waals surface area contributed by atoms with Crippen LogP contribution in [-0.4, -0.2) is 42.3 Å². The van der Waals surface area contributed by atoms with E-state index >= 15 is 0 Å². The molecule has 3 aromatic carbocycles. The zero-order valence-corrected chi connectivity index (χ0v) is 23.0. The molecule has 3 nitrogen and oxygen atoms in total.